The number of nitrogens with one attached hydrogen (secondary N) is 1. The molecule has 11 nitrogen and oxygen atoms in total. The normalized spacial score (nSPS) is 21.2. The maximum absolute atomic E-state index is 12.5. The average Bonchev–Trinajstić information content (AvgIpc) is 3.32. The molecule has 2 aromatic heterocycles. The molecule has 1 aliphatic rings. The van der Waals surface area contributed by atoms with Gasteiger partial charge in [-0.2, -0.15) is 4.98 Å². The quantitative estimate of drug-likeness (QED) is 0.365. The molecular weight excluding hydrogens is 428 g/mol. The van der Waals surface area contributed by atoms with E-state index in [1.165, 1.54) is 13.3 Å². The van der Waals surface area contributed by atoms with Crippen molar-refractivity contribution in [1.29, 1.82) is 0 Å². The van der Waals surface area contributed by atoms with Crippen LogP contribution in [0, 0.1) is 5.92 Å². The Morgan fingerprint density at radius 2 is 2.06 bits per heavy atom. The topological polar surface area (TPSA) is 168 Å². The first-order valence-corrected chi connectivity index (χ1v) is 10.3. The van der Waals surface area contributed by atoms with E-state index in [4.69, 9.17) is 20.9 Å². The summed E-state index contributed by atoms with van der Waals surface area (Å²) in [5.74, 6) is -1.61. The van der Waals surface area contributed by atoms with Crippen molar-refractivity contribution in [2.75, 3.05) is 12.3 Å². The van der Waals surface area contributed by atoms with E-state index in [1.54, 1.807) is 28.8 Å². The van der Waals surface area contributed by atoms with Gasteiger partial charge in [-0.05, 0) is 11.1 Å². The monoisotopic (exact) mass is 452 g/mol. The van der Waals surface area contributed by atoms with Gasteiger partial charge >= 0.3 is 11.9 Å². The molecule has 4 rings (SSSR count). The second-order valence-electron chi connectivity index (χ2n) is 7.87. The van der Waals surface area contributed by atoms with Crippen molar-refractivity contribution in [3.63, 3.8) is 0 Å². The molecule has 0 bridgehead atoms. The van der Waals surface area contributed by atoms with Gasteiger partial charge in [0, 0.05) is 13.3 Å². The summed E-state index contributed by atoms with van der Waals surface area (Å²) in [6.45, 7) is 5.39. The smallest absolute Gasteiger partial charge is 0.327 e. The number of aromatic amines is 1. The minimum atomic E-state index is -0.944. The Bertz CT molecular complexity index is 1270. The first-order chi connectivity index (χ1) is 15.8. The van der Waals surface area contributed by atoms with Crippen molar-refractivity contribution in [2.45, 2.75) is 31.5 Å². The molecule has 0 aliphatic heterocycles. The van der Waals surface area contributed by atoms with Crippen LogP contribution in [-0.2, 0) is 19.1 Å². The molecule has 1 saturated carbocycles. The molecule has 1 aliphatic carbocycles. The first kappa shape index (κ1) is 22.2. The second-order valence-corrected chi connectivity index (χ2v) is 7.87. The molecule has 0 saturated heterocycles. The van der Waals surface area contributed by atoms with E-state index >= 15 is 0 Å². The average molecular weight is 452 g/mol. The molecule has 1 unspecified atom stereocenters. The van der Waals surface area contributed by atoms with Gasteiger partial charge in [0.05, 0.1) is 18.3 Å². The number of nitrogens with zero attached hydrogens (tertiary/aromatic N) is 3. The third-order valence-electron chi connectivity index (χ3n) is 5.73. The summed E-state index contributed by atoms with van der Waals surface area (Å²) in [7, 11) is 0. The van der Waals surface area contributed by atoms with Crippen LogP contribution in [0.1, 0.15) is 31.0 Å². The lowest BCUT2D eigenvalue weighted by molar-refractivity contribution is -0.152. The Balaban J connectivity index is 1.56. The number of H-pyrrole nitrogens is 1. The number of imidazole rings is 1. The van der Waals surface area contributed by atoms with Gasteiger partial charge < -0.3 is 25.5 Å². The zero-order valence-electron chi connectivity index (χ0n) is 17.9. The second kappa shape index (κ2) is 8.87. The van der Waals surface area contributed by atoms with Crippen LogP contribution in [0.3, 0.4) is 0 Å². The van der Waals surface area contributed by atoms with Gasteiger partial charge in [-0.15, -0.1) is 0 Å². The van der Waals surface area contributed by atoms with Gasteiger partial charge in [0.2, 0.25) is 5.95 Å². The predicted octanol–water partition coefficient (Wildman–Crippen LogP) is 0.994. The summed E-state index contributed by atoms with van der Waals surface area (Å²) in [5, 5.41) is 0. The number of nitrogens with two attached hydrogens (primary N) is 2. The van der Waals surface area contributed by atoms with E-state index in [0.717, 1.165) is 0 Å². The van der Waals surface area contributed by atoms with Gasteiger partial charge in [0.25, 0.3) is 5.56 Å². The number of carbonyl (C=O) groups excluding carboxylic acids is 2. The van der Waals surface area contributed by atoms with Crippen LogP contribution in [0.15, 0.2) is 53.6 Å². The first-order valence-electron chi connectivity index (χ1n) is 10.3. The fraction of sp³-hybridized carbons (Fsp3) is 0.318. The molecular formula is C22H24N6O5. The van der Waals surface area contributed by atoms with E-state index in [0.29, 0.717) is 17.6 Å². The van der Waals surface area contributed by atoms with Crippen molar-refractivity contribution in [3.8, 4) is 0 Å². The van der Waals surface area contributed by atoms with E-state index in [2.05, 4.69) is 21.5 Å². The Morgan fingerprint density at radius 1 is 1.33 bits per heavy atom. The lowest BCUT2D eigenvalue weighted by atomic mass is 10.0. The number of aromatic nitrogens is 4. The number of hydrogen-bond acceptors (Lipinski definition) is 9. The summed E-state index contributed by atoms with van der Waals surface area (Å²) in [5.41, 5.74) is 12.9. The van der Waals surface area contributed by atoms with Gasteiger partial charge in [-0.25, -0.2) is 9.78 Å². The van der Waals surface area contributed by atoms with Crippen molar-refractivity contribution >= 4 is 29.1 Å². The van der Waals surface area contributed by atoms with Crippen LogP contribution in [0.5, 0.6) is 0 Å². The Morgan fingerprint density at radius 3 is 2.76 bits per heavy atom. The third-order valence-corrected chi connectivity index (χ3v) is 5.73. The summed E-state index contributed by atoms with van der Waals surface area (Å²) in [6.07, 6.45) is 1.20. The maximum atomic E-state index is 12.5. The lowest BCUT2D eigenvalue weighted by Gasteiger charge is -2.21. The summed E-state index contributed by atoms with van der Waals surface area (Å²) in [4.78, 5) is 47.1. The third kappa shape index (κ3) is 4.35. The van der Waals surface area contributed by atoms with Crippen molar-refractivity contribution < 1.29 is 19.1 Å². The number of benzene rings is 1. The van der Waals surface area contributed by atoms with Crippen LogP contribution >= 0.6 is 0 Å². The Kier molecular flexibility index (Phi) is 5.97. The summed E-state index contributed by atoms with van der Waals surface area (Å²) < 4.78 is 12.6. The van der Waals surface area contributed by atoms with Crippen molar-refractivity contribution in [1.82, 2.24) is 19.5 Å². The lowest BCUT2D eigenvalue weighted by Crippen LogP contribution is -2.30. The van der Waals surface area contributed by atoms with Crippen LogP contribution in [0.2, 0.25) is 0 Å². The van der Waals surface area contributed by atoms with Crippen molar-refractivity contribution in [2.24, 2.45) is 11.7 Å². The van der Waals surface area contributed by atoms with Crippen LogP contribution in [-0.4, -0.2) is 44.2 Å². The highest BCUT2D eigenvalue weighted by Gasteiger charge is 2.42. The molecule has 33 heavy (non-hydrogen) atoms. The van der Waals surface area contributed by atoms with Crippen LogP contribution in [0.25, 0.3) is 11.2 Å². The zero-order valence-corrected chi connectivity index (χ0v) is 17.9. The molecule has 11 heteroatoms. The number of hydrogen-bond donors (Lipinski definition) is 3. The number of ether oxygens (including phenoxy) is 2. The highest BCUT2D eigenvalue weighted by atomic mass is 16.6. The van der Waals surface area contributed by atoms with E-state index in [1.807, 2.05) is 6.07 Å². The molecule has 4 atom stereocenters. The highest BCUT2D eigenvalue weighted by molar-refractivity contribution is 5.77. The van der Waals surface area contributed by atoms with Crippen LogP contribution in [0.4, 0.5) is 5.95 Å². The largest absolute Gasteiger partial charge is 0.463 e. The number of nitrogen functional groups attached to an aromatic ring is 1. The fourth-order valence-corrected chi connectivity index (χ4v) is 4.10. The number of rotatable bonds is 6. The number of anilines is 1. The standard InChI is InChI=1S/C22H24N6O5/c1-11-14(9-32-21(31)17(23)13-6-4-3-5-7-13)16(33-12(2)29)8-15(11)28-10-25-18-19(28)26-22(24)27-20(18)30/h3-7,10,14-17H,1,8-9,23H2,2H3,(H3,24,26,27,30)/t14-,15-,16-,17?/m0/s1. The molecule has 3 aromatic rings. The highest BCUT2D eigenvalue weighted by Crippen LogP contribution is 2.42. The molecule has 0 spiro atoms. The SMILES string of the molecule is C=C1[C@H](COC(=O)C(N)c2ccccc2)[C@@H](OC(C)=O)C[C@@H]1n1cnc2c(=O)[nH]c(N)nc21. The predicted molar refractivity (Wildman–Crippen MR) is 119 cm³/mol. The molecule has 2 heterocycles. The minimum absolute atomic E-state index is 0.0465. The van der Waals surface area contributed by atoms with E-state index < -0.39 is 41.6 Å². The van der Waals surface area contributed by atoms with Gasteiger partial charge in [0.15, 0.2) is 11.2 Å². The number of fused-ring (bicyclic) bond motifs is 1. The Hall–Kier alpha value is -3.99. The minimum Gasteiger partial charge on any atom is -0.463 e. The molecule has 0 amide bonds. The molecule has 0 radical (unpaired) electrons. The van der Waals surface area contributed by atoms with Gasteiger partial charge in [-0.3, -0.25) is 14.6 Å². The Labute approximate surface area is 188 Å². The molecule has 5 N–H and O–H groups in total. The zero-order chi connectivity index (χ0) is 23.7. The van der Waals surface area contributed by atoms with Gasteiger partial charge in [-0.1, -0.05) is 36.9 Å². The maximum Gasteiger partial charge on any atom is 0.327 e. The molecule has 172 valence electrons. The fourth-order valence-electron chi connectivity index (χ4n) is 4.10. The van der Waals surface area contributed by atoms with Gasteiger partial charge in [0.1, 0.15) is 18.8 Å². The molecule has 1 fully saturated rings. The summed E-state index contributed by atoms with van der Waals surface area (Å²) in [6, 6.07) is 7.52. The number of carbonyl (C=O) groups is 2. The van der Waals surface area contributed by atoms with E-state index in [-0.39, 0.29) is 23.7 Å². The van der Waals surface area contributed by atoms with Crippen molar-refractivity contribution in [3.05, 3.63) is 64.7 Å². The number of esters is 2. The molecule has 1 aromatic carbocycles. The van der Waals surface area contributed by atoms with E-state index in [9.17, 15) is 14.4 Å². The van der Waals surface area contributed by atoms with Crippen LogP contribution < -0.4 is 17.0 Å². The summed E-state index contributed by atoms with van der Waals surface area (Å²) >= 11 is 0.